The lowest BCUT2D eigenvalue weighted by Gasteiger charge is -2.31. The van der Waals surface area contributed by atoms with E-state index in [-0.39, 0.29) is 45.7 Å². The van der Waals surface area contributed by atoms with Crippen LogP contribution in [0, 0.1) is 17.5 Å². The summed E-state index contributed by atoms with van der Waals surface area (Å²) in [6, 6.07) is 7.25. The summed E-state index contributed by atoms with van der Waals surface area (Å²) in [5.74, 6) is -2.60. The normalized spacial score (nSPS) is 19.5. The van der Waals surface area contributed by atoms with Crippen LogP contribution in [0.3, 0.4) is 0 Å². The minimum atomic E-state index is -1.07. The fourth-order valence-electron chi connectivity index (χ4n) is 7.27. The Morgan fingerprint density at radius 3 is 2.68 bits per heavy atom. The first kappa shape index (κ1) is 28.5. The summed E-state index contributed by atoms with van der Waals surface area (Å²) in [4.78, 5) is 32.1. The molecule has 0 aliphatic carbocycles. The van der Waals surface area contributed by atoms with Gasteiger partial charge in [0.25, 0.3) is 0 Å². The van der Waals surface area contributed by atoms with E-state index in [0.717, 1.165) is 44.8 Å². The third-order valence-electron chi connectivity index (χ3n) is 9.65. The van der Waals surface area contributed by atoms with Gasteiger partial charge in [-0.2, -0.15) is 9.97 Å². The van der Waals surface area contributed by atoms with Crippen molar-refractivity contribution in [2.75, 3.05) is 44.7 Å². The summed E-state index contributed by atoms with van der Waals surface area (Å²) in [5.41, 5.74) is -0.130. The maximum Gasteiger partial charge on any atom is 0.319 e. The molecule has 0 saturated carbocycles. The van der Waals surface area contributed by atoms with Crippen LogP contribution in [0.5, 0.6) is 6.01 Å². The Balaban J connectivity index is 1.33. The molecule has 2 aromatic carbocycles. The van der Waals surface area contributed by atoms with Crippen LogP contribution in [0.4, 0.5) is 19.0 Å². The number of pyridine rings is 1. The summed E-state index contributed by atoms with van der Waals surface area (Å²) in [5, 5.41) is 0.718. The number of likely N-dealkylation sites (N-methyl/N-ethyl adjacent to an activating group) is 1. The first-order valence-electron chi connectivity index (χ1n) is 15.0. The van der Waals surface area contributed by atoms with E-state index in [9.17, 15) is 9.18 Å². The monoisotopic (exact) mass is 602 g/mol. The van der Waals surface area contributed by atoms with Gasteiger partial charge in [-0.15, -0.1) is 0 Å². The van der Waals surface area contributed by atoms with Crippen LogP contribution in [0.15, 0.2) is 49.2 Å². The molecule has 4 aromatic rings. The second-order valence-electron chi connectivity index (χ2n) is 12.0. The molecular formula is C33H33F3N6O2. The molecule has 3 aliphatic heterocycles. The Kier molecular flexibility index (Phi) is 7.15. The van der Waals surface area contributed by atoms with Gasteiger partial charge in [0.1, 0.15) is 23.6 Å². The molecule has 0 spiro atoms. The molecule has 3 saturated heterocycles. The van der Waals surface area contributed by atoms with Crippen molar-refractivity contribution in [3.05, 3.63) is 66.6 Å². The first-order chi connectivity index (χ1) is 21.3. The largest absolute Gasteiger partial charge is 0.461 e. The van der Waals surface area contributed by atoms with Gasteiger partial charge in [0.15, 0.2) is 17.5 Å². The number of likely N-dealkylation sites (tertiary alicyclic amines) is 1. The summed E-state index contributed by atoms with van der Waals surface area (Å²) in [6.45, 7) is 7.06. The fourth-order valence-corrected chi connectivity index (χ4v) is 7.27. The molecule has 3 aliphatic rings. The molecule has 44 heavy (non-hydrogen) atoms. The highest BCUT2D eigenvalue weighted by molar-refractivity contribution is 5.99. The van der Waals surface area contributed by atoms with Crippen LogP contribution in [0.1, 0.15) is 32.1 Å². The molecular weight excluding hydrogens is 569 g/mol. The maximum absolute atomic E-state index is 16.6. The van der Waals surface area contributed by atoms with Crippen LogP contribution in [-0.4, -0.2) is 82.1 Å². The van der Waals surface area contributed by atoms with E-state index in [1.54, 1.807) is 17.0 Å². The molecule has 1 amide bonds. The highest BCUT2D eigenvalue weighted by Gasteiger charge is 2.45. The van der Waals surface area contributed by atoms with Crippen molar-refractivity contribution in [3.63, 3.8) is 0 Å². The molecule has 2 aromatic heterocycles. The number of ether oxygens (including phenoxy) is 1. The minimum absolute atomic E-state index is 0.0279. The van der Waals surface area contributed by atoms with Crippen LogP contribution in [-0.2, 0) is 4.79 Å². The number of hydrogen-bond acceptors (Lipinski definition) is 7. The Labute approximate surface area is 253 Å². The molecule has 3 fully saturated rings. The molecule has 0 bridgehead atoms. The van der Waals surface area contributed by atoms with Gasteiger partial charge in [0, 0.05) is 43.3 Å². The lowest BCUT2D eigenvalue weighted by molar-refractivity contribution is -0.125. The van der Waals surface area contributed by atoms with Gasteiger partial charge in [0.2, 0.25) is 5.91 Å². The average Bonchev–Trinajstić information content (AvgIpc) is 3.78. The number of amides is 1. The van der Waals surface area contributed by atoms with E-state index >= 15 is 8.78 Å². The van der Waals surface area contributed by atoms with Crippen LogP contribution in [0.25, 0.3) is 32.9 Å². The molecule has 8 nitrogen and oxygen atoms in total. The average molecular weight is 603 g/mol. The highest BCUT2D eigenvalue weighted by Crippen LogP contribution is 2.40. The summed E-state index contributed by atoms with van der Waals surface area (Å²) in [6.07, 6.45) is 7.70. The van der Waals surface area contributed by atoms with Crippen molar-refractivity contribution in [2.24, 2.45) is 0 Å². The molecule has 5 heterocycles. The Hall–Kier alpha value is -4.25. The van der Waals surface area contributed by atoms with Crippen LogP contribution >= 0.6 is 0 Å². The van der Waals surface area contributed by atoms with Crippen molar-refractivity contribution >= 4 is 33.4 Å². The quantitative estimate of drug-likeness (QED) is 0.259. The maximum atomic E-state index is 16.6. The number of rotatable bonds is 7. The van der Waals surface area contributed by atoms with Crippen molar-refractivity contribution in [3.8, 4) is 17.3 Å². The van der Waals surface area contributed by atoms with E-state index in [4.69, 9.17) is 9.72 Å². The van der Waals surface area contributed by atoms with Crippen LogP contribution in [0.2, 0.25) is 0 Å². The van der Waals surface area contributed by atoms with Crippen molar-refractivity contribution < 1.29 is 22.7 Å². The van der Waals surface area contributed by atoms with Gasteiger partial charge in [-0.25, -0.2) is 13.2 Å². The number of benzene rings is 2. The highest BCUT2D eigenvalue weighted by atomic mass is 19.2. The van der Waals surface area contributed by atoms with E-state index in [0.29, 0.717) is 42.7 Å². The molecule has 11 heteroatoms. The number of anilines is 1. The van der Waals surface area contributed by atoms with E-state index < -0.39 is 17.5 Å². The topological polar surface area (TPSA) is 74.7 Å². The summed E-state index contributed by atoms with van der Waals surface area (Å²) in [7, 11) is 1.85. The van der Waals surface area contributed by atoms with Gasteiger partial charge in [0.05, 0.1) is 10.9 Å². The number of nitrogens with zero attached hydrogens (tertiary/aromatic N) is 6. The van der Waals surface area contributed by atoms with Gasteiger partial charge in [-0.1, -0.05) is 30.8 Å². The zero-order valence-corrected chi connectivity index (χ0v) is 24.5. The second-order valence-corrected chi connectivity index (χ2v) is 12.0. The third-order valence-corrected chi connectivity index (χ3v) is 9.65. The Morgan fingerprint density at radius 2 is 1.91 bits per heavy atom. The second kappa shape index (κ2) is 11.0. The SMILES string of the molecule is C=CC(=O)N1CCC(N(C)c2nc(OCC34CCCN3CCC4)nc3c(F)c(-c4cccc5ccc(F)c(F)c45)ncc23)C1. The molecule has 0 N–H and O–H groups in total. The van der Waals surface area contributed by atoms with E-state index in [1.165, 1.54) is 24.4 Å². The Morgan fingerprint density at radius 1 is 1.11 bits per heavy atom. The predicted octanol–water partition coefficient (Wildman–Crippen LogP) is 5.49. The lowest BCUT2D eigenvalue weighted by Crippen LogP contribution is -2.43. The third kappa shape index (κ3) is 4.65. The van der Waals surface area contributed by atoms with Crippen molar-refractivity contribution in [1.82, 2.24) is 24.8 Å². The first-order valence-corrected chi connectivity index (χ1v) is 15.0. The fraction of sp³-hybridized carbons (Fsp3) is 0.394. The van der Waals surface area contributed by atoms with Gasteiger partial charge in [-0.05, 0) is 62.7 Å². The van der Waals surface area contributed by atoms with E-state index in [2.05, 4.69) is 21.4 Å². The number of halogens is 3. The molecule has 0 radical (unpaired) electrons. The number of carbonyl (C=O) groups is 1. The number of carbonyl (C=O) groups excluding carboxylic acids is 1. The molecule has 1 atom stereocenters. The zero-order chi connectivity index (χ0) is 30.6. The summed E-state index contributed by atoms with van der Waals surface area (Å²) >= 11 is 0. The predicted molar refractivity (Wildman–Crippen MR) is 162 cm³/mol. The molecule has 7 rings (SSSR count). The van der Waals surface area contributed by atoms with Gasteiger partial charge >= 0.3 is 6.01 Å². The summed E-state index contributed by atoms with van der Waals surface area (Å²) < 4.78 is 52.2. The Bertz CT molecular complexity index is 1790. The zero-order valence-electron chi connectivity index (χ0n) is 24.5. The molecule has 1 unspecified atom stereocenters. The van der Waals surface area contributed by atoms with E-state index in [1.807, 2.05) is 11.9 Å². The van der Waals surface area contributed by atoms with Gasteiger partial charge in [-0.3, -0.25) is 14.7 Å². The number of fused-ring (bicyclic) bond motifs is 3. The lowest BCUT2D eigenvalue weighted by atomic mass is 9.95. The van der Waals surface area contributed by atoms with Gasteiger partial charge < -0.3 is 14.5 Å². The minimum Gasteiger partial charge on any atom is -0.461 e. The standard InChI is InChI=1S/C33H33F3N6O2/c1-3-25(43)41-16-11-21(18-41)40(2)31-23-17-37-29(22-8-4-7-20-9-10-24(34)27(35)26(20)22)28(36)30(23)38-32(39-31)44-19-33-12-5-14-42(33)15-6-13-33/h3-4,7-10,17,21H,1,5-6,11-16,18-19H2,2H3. The molecule has 228 valence electrons. The van der Waals surface area contributed by atoms with Crippen molar-refractivity contribution in [2.45, 2.75) is 43.7 Å². The number of hydrogen-bond donors (Lipinski definition) is 0. The smallest absolute Gasteiger partial charge is 0.319 e. The van der Waals surface area contributed by atoms with Crippen LogP contribution < -0.4 is 9.64 Å². The van der Waals surface area contributed by atoms with Crippen molar-refractivity contribution in [1.29, 1.82) is 0 Å². The number of aromatic nitrogens is 3.